The van der Waals surface area contributed by atoms with Crippen molar-refractivity contribution in [1.29, 1.82) is 0 Å². The Morgan fingerprint density at radius 2 is 1.88 bits per heavy atom. The van der Waals surface area contributed by atoms with Crippen LogP contribution in [0.4, 0.5) is 0 Å². The number of esters is 2. The lowest BCUT2D eigenvalue weighted by Crippen LogP contribution is -2.07. The monoisotopic (exact) mass is 234 g/mol. The van der Waals surface area contributed by atoms with Crippen molar-refractivity contribution < 1.29 is 19.1 Å². The van der Waals surface area contributed by atoms with Crippen molar-refractivity contribution in [2.24, 2.45) is 0 Å². The molecule has 6 nitrogen and oxygen atoms in total. The second-order valence-corrected chi connectivity index (χ2v) is 3.34. The summed E-state index contributed by atoms with van der Waals surface area (Å²) >= 11 is 0. The topological polar surface area (TPSA) is 81.3 Å². The fraction of sp³-hybridized carbons (Fsp3) is 0.182. The highest BCUT2D eigenvalue weighted by molar-refractivity contribution is 6.06. The molecular weight excluding hydrogens is 224 g/mol. The van der Waals surface area contributed by atoms with Gasteiger partial charge in [-0.25, -0.2) is 9.59 Å². The van der Waals surface area contributed by atoms with Crippen molar-refractivity contribution in [3.63, 3.8) is 0 Å². The maximum absolute atomic E-state index is 11.6. The molecule has 0 aliphatic heterocycles. The number of carbonyl (C=O) groups is 2. The van der Waals surface area contributed by atoms with Crippen LogP contribution in [0.3, 0.4) is 0 Å². The highest BCUT2D eigenvalue weighted by Gasteiger charge is 2.16. The Morgan fingerprint density at radius 3 is 2.53 bits per heavy atom. The van der Waals surface area contributed by atoms with Crippen LogP contribution in [0.2, 0.25) is 0 Å². The first-order valence-corrected chi connectivity index (χ1v) is 4.81. The number of nitrogens with one attached hydrogen (secondary N) is 1. The molecule has 0 amide bonds. The average Bonchev–Trinajstić information content (AvgIpc) is 2.83. The van der Waals surface area contributed by atoms with Gasteiger partial charge in [0, 0.05) is 5.39 Å². The number of fused-ring (bicyclic) bond motifs is 1. The molecule has 0 radical (unpaired) electrons. The lowest BCUT2D eigenvalue weighted by atomic mass is 10.1. The largest absolute Gasteiger partial charge is 0.465 e. The van der Waals surface area contributed by atoms with Gasteiger partial charge in [-0.3, -0.25) is 5.10 Å². The number of hydrogen-bond donors (Lipinski definition) is 1. The zero-order valence-corrected chi connectivity index (χ0v) is 9.31. The maximum Gasteiger partial charge on any atom is 0.340 e. The summed E-state index contributed by atoms with van der Waals surface area (Å²) < 4.78 is 9.25. The SMILES string of the molecule is COC(=O)c1cc(C(=O)OC)c2[nH]ncc2c1. The third-order valence-electron chi connectivity index (χ3n) is 2.38. The molecule has 0 aliphatic carbocycles. The second-order valence-electron chi connectivity index (χ2n) is 3.34. The molecule has 0 atom stereocenters. The number of benzene rings is 1. The molecule has 0 aliphatic rings. The normalized spacial score (nSPS) is 10.2. The molecule has 2 aromatic rings. The predicted octanol–water partition coefficient (Wildman–Crippen LogP) is 1.14. The minimum absolute atomic E-state index is 0.253. The van der Waals surface area contributed by atoms with E-state index in [2.05, 4.69) is 19.7 Å². The molecule has 0 fully saturated rings. The van der Waals surface area contributed by atoms with E-state index < -0.39 is 11.9 Å². The van der Waals surface area contributed by atoms with E-state index in [1.165, 1.54) is 26.5 Å². The molecule has 2 rings (SSSR count). The van der Waals surface area contributed by atoms with Gasteiger partial charge in [0.25, 0.3) is 0 Å². The summed E-state index contributed by atoms with van der Waals surface area (Å²) in [6.45, 7) is 0. The first-order chi connectivity index (χ1) is 8.17. The Balaban J connectivity index is 2.66. The summed E-state index contributed by atoms with van der Waals surface area (Å²) in [5.74, 6) is -1.05. The number of hydrogen-bond acceptors (Lipinski definition) is 5. The van der Waals surface area contributed by atoms with Gasteiger partial charge in [-0.2, -0.15) is 5.10 Å². The van der Waals surface area contributed by atoms with Crippen LogP contribution in [0.5, 0.6) is 0 Å². The predicted molar refractivity (Wildman–Crippen MR) is 58.8 cm³/mol. The molecule has 0 saturated heterocycles. The number of nitrogens with zero attached hydrogens (tertiary/aromatic N) is 1. The molecule has 1 aromatic carbocycles. The number of carbonyl (C=O) groups excluding carboxylic acids is 2. The van der Waals surface area contributed by atoms with Crippen molar-refractivity contribution in [2.45, 2.75) is 0 Å². The Labute approximate surface area is 96.5 Å². The number of ether oxygens (including phenoxy) is 2. The third-order valence-corrected chi connectivity index (χ3v) is 2.38. The quantitative estimate of drug-likeness (QED) is 0.788. The smallest absolute Gasteiger partial charge is 0.340 e. The summed E-state index contributed by atoms with van der Waals surface area (Å²) in [7, 11) is 2.55. The van der Waals surface area contributed by atoms with E-state index in [9.17, 15) is 9.59 Å². The van der Waals surface area contributed by atoms with E-state index in [0.717, 1.165) is 0 Å². The molecule has 17 heavy (non-hydrogen) atoms. The van der Waals surface area contributed by atoms with Crippen LogP contribution in [-0.4, -0.2) is 36.4 Å². The Hall–Kier alpha value is -2.37. The van der Waals surface area contributed by atoms with Crippen LogP contribution in [-0.2, 0) is 9.47 Å². The molecule has 1 N–H and O–H groups in total. The van der Waals surface area contributed by atoms with Crippen LogP contribution in [0.1, 0.15) is 20.7 Å². The van der Waals surface area contributed by atoms with Gasteiger partial charge in [0.1, 0.15) is 0 Å². The minimum atomic E-state index is -0.537. The van der Waals surface area contributed by atoms with Crippen molar-refractivity contribution in [3.8, 4) is 0 Å². The van der Waals surface area contributed by atoms with Crippen LogP contribution < -0.4 is 0 Å². The van der Waals surface area contributed by atoms with E-state index in [0.29, 0.717) is 10.9 Å². The summed E-state index contributed by atoms with van der Waals surface area (Å²) in [4.78, 5) is 23.0. The van der Waals surface area contributed by atoms with Crippen LogP contribution in [0.15, 0.2) is 18.3 Å². The van der Waals surface area contributed by atoms with Gasteiger partial charge < -0.3 is 9.47 Å². The molecular formula is C11H10N2O4. The minimum Gasteiger partial charge on any atom is -0.465 e. The zero-order valence-electron chi connectivity index (χ0n) is 9.31. The van der Waals surface area contributed by atoms with Gasteiger partial charge in [0.2, 0.25) is 0 Å². The van der Waals surface area contributed by atoms with Crippen LogP contribution >= 0.6 is 0 Å². The molecule has 0 spiro atoms. The summed E-state index contributed by atoms with van der Waals surface area (Å²) in [5, 5.41) is 7.15. The van der Waals surface area contributed by atoms with Gasteiger partial charge in [-0.1, -0.05) is 0 Å². The highest BCUT2D eigenvalue weighted by Crippen LogP contribution is 2.20. The summed E-state index contributed by atoms with van der Waals surface area (Å²) in [5.41, 5.74) is 1.06. The first-order valence-electron chi connectivity index (χ1n) is 4.81. The van der Waals surface area contributed by atoms with Crippen molar-refractivity contribution in [1.82, 2.24) is 10.2 Å². The van der Waals surface area contributed by atoms with Crippen LogP contribution in [0, 0.1) is 0 Å². The molecule has 88 valence electrons. The second kappa shape index (κ2) is 4.25. The summed E-state index contributed by atoms with van der Waals surface area (Å²) in [6, 6.07) is 3.01. The summed E-state index contributed by atoms with van der Waals surface area (Å²) in [6.07, 6.45) is 1.52. The molecule has 6 heteroatoms. The zero-order chi connectivity index (χ0) is 12.4. The average molecular weight is 234 g/mol. The van der Waals surface area contributed by atoms with Gasteiger partial charge in [-0.15, -0.1) is 0 Å². The van der Waals surface area contributed by atoms with E-state index >= 15 is 0 Å². The Bertz CT molecular complexity index is 588. The Morgan fingerprint density at radius 1 is 1.18 bits per heavy atom. The van der Waals surface area contributed by atoms with Gasteiger partial charge in [0.15, 0.2) is 0 Å². The van der Waals surface area contributed by atoms with E-state index in [4.69, 9.17) is 0 Å². The van der Waals surface area contributed by atoms with Crippen LogP contribution in [0.25, 0.3) is 10.9 Å². The standard InChI is InChI=1S/C11H10N2O4/c1-16-10(14)6-3-7-5-12-13-9(7)8(4-6)11(15)17-2/h3-5H,1-2H3,(H,12,13). The molecule has 0 unspecified atom stereocenters. The van der Waals surface area contributed by atoms with E-state index in [1.807, 2.05) is 0 Å². The van der Waals surface area contributed by atoms with Gasteiger partial charge in [-0.05, 0) is 12.1 Å². The van der Waals surface area contributed by atoms with Crippen molar-refractivity contribution in [2.75, 3.05) is 14.2 Å². The van der Waals surface area contributed by atoms with E-state index in [-0.39, 0.29) is 11.1 Å². The fourth-order valence-electron chi connectivity index (χ4n) is 1.56. The number of aromatic amines is 1. The Kier molecular flexibility index (Phi) is 2.78. The number of aromatic nitrogens is 2. The fourth-order valence-corrected chi connectivity index (χ4v) is 1.56. The van der Waals surface area contributed by atoms with Crippen molar-refractivity contribution >= 4 is 22.8 Å². The highest BCUT2D eigenvalue weighted by atomic mass is 16.5. The number of H-pyrrole nitrogens is 1. The molecule has 1 aromatic heterocycles. The maximum atomic E-state index is 11.6. The first kappa shape index (κ1) is 11.1. The molecule has 0 saturated carbocycles. The lowest BCUT2D eigenvalue weighted by Gasteiger charge is -2.04. The molecule has 1 heterocycles. The number of rotatable bonds is 2. The van der Waals surface area contributed by atoms with Gasteiger partial charge in [0.05, 0.1) is 37.1 Å². The van der Waals surface area contributed by atoms with Gasteiger partial charge >= 0.3 is 11.9 Å². The number of methoxy groups -OCH3 is 2. The lowest BCUT2D eigenvalue weighted by molar-refractivity contribution is 0.0600. The molecule has 0 bridgehead atoms. The van der Waals surface area contributed by atoms with E-state index in [1.54, 1.807) is 6.07 Å². The van der Waals surface area contributed by atoms with Crippen molar-refractivity contribution in [3.05, 3.63) is 29.5 Å². The third kappa shape index (κ3) is 1.84.